The minimum atomic E-state index is -6.24. The molecule has 0 saturated carbocycles. The second kappa shape index (κ2) is 17.2. The molecule has 2 rings (SSSR count). The van der Waals surface area contributed by atoms with Crippen molar-refractivity contribution in [1.82, 2.24) is 0 Å². The molecule has 0 aliphatic carbocycles. The van der Waals surface area contributed by atoms with Crippen LogP contribution in [0.2, 0.25) is 0 Å². The Morgan fingerprint density at radius 2 is 0.782 bits per heavy atom. The van der Waals surface area contributed by atoms with Crippen molar-refractivity contribution in [1.29, 1.82) is 0 Å². The Morgan fingerprint density at radius 3 is 1.18 bits per heavy atom. The SMILES string of the molecule is O=S(=O)(O)OC[C@@H]1O[C@@](COS(=O)(=O)O)(O[C@H]2O[C@H](COS(=O)(=O)O)[C@H](OS(=O)(=O)O)[C@H](OS(=O)(=O)O)[C@H]2OS(=O)(=O)O)[C@@H](OS(=O)(=O)O)[C@@H]1OS(=O)(=O)O. The molecular weight excluding hydrogens is 961 g/mol. The summed E-state index contributed by atoms with van der Waals surface area (Å²) in [6.07, 6.45) is -26.0. The lowest BCUT2D eigenvalue weighted by Gasteiger charge is -2.45. The zero-order chi connectivity index (χ0) is 43.0. The van der Waals surface area contributed by atoms with Crippen molar-refractivity contribution in [3.63, 3.8) is 0 Å². The van der Waals surface area contributed by atoms with Gasteiger partial charge in [0.15, 0.2) is 18.5 Å². The molecule has 43 heteroatoms. The molecule has 0 unspecified atom stereocenters. The summed E-state index contributed by atoms with van der Waals surface area (Å²) >= 11 is 0. The Bertz CT molecular complexity index is 2280. The Labute approximate surface area is 308 Å². The van der Waals surface area contributed by atoms with Crippen LogP contribution >= 0.6 is 0 Å². The first-order valence-electron chi connectivity index (χ1n) is 12.3. The third kappa shape index (κ3) is 18.1. The van der Waals surface area contributed by atoms with Crippen molar-refractivity contribution in [2.45, 2.75) is 54.8 Å². The van der Waals surface area contributed by atoms with E-state index in [0.717, 1.165) is 0 Å². The van der Waals surface area contributed by atoms with Gasteiger partial charge in [-0.15, -0.1) is 0 Å². The molecule has 0 radical (unpaired) electrons. The second-order valence-electron chi connectivity index (χ2n) is 9.64. The zero-order valence-corrected chi connectivity index (χ0v) is 31.6. The number of hydrogen-bond donors (Lipinski definition) is 8. The van der Waals surface area contributed by atoms with Crippen LogP contribution in [0.15, 0.2) is 0 Å². The Hall–Kier alpha value is -1.16. The average molecular weight is 983 g/mol. The highest BCUT2D eigenvalue weighted by Crippen LogP contribution is 2.42. The predicted octanol–water partition coefficient (Wildman–Crippen LogP) is -6.78. The fourth-order valence-electron chi connectivity index (χ4n) is 4.24. The quantitative estimate of drug-likeness (QED) is 0.0496. The highest BCUT2D eigenvalue weighted by Gasteiger charge is 2.65. The van der Waals surface area contributed by atoms with Gasteiger partial charge in [-0.3, -0.25) is 36.4 Å². The third-order valence-electron chi connectivity index (χ3n) is 5.68. The highest BCUT2D eigenvalue weighted by molar-refractivity contribution is 7.82. The van der Waals surface area contributed by atoms with E-state index in [0.29, 0.717) is 0 Å². The molecule has 0 aromatic heterocycles. The van der Waals surface area contributed by atoms with Gasteiger partial charge in [-0.25, -0.2) is 33.5 Å². The molecule has 2 fully saturated rings. The van der Waals surface area contributed by atoms with Gasteiger partial charge >= 0.3 is 83.2 Å². The van der Waals surface area contributed by atoms with E-state index in [-0.39, 0.29) is 0 Å². The number of rotatable bonds is 21. The van der Waals surface area contributed by atoms with Crippen LogP contribution in [0, 0.1) is 0 Å². The second-order valence-corrected chi connectivity index (χ2v) is 18.2. The van der Waals surface area contributed by atoms with Crippen LogP contribution in [-0.2, 0) is 131 Å². The van der Waals surface area contributed by atoms with Crippen molar-refractivity contribution in [2.75, 3.05) is 19.8 Å². The molecule has 0 aromatic carbocycles. The molecule has 2 heterocycles. The van der Waals surface area contributed by atoms with Crippen molar-refractivity contribution < 1.29 is 151 Å². The molecule has 55 heavy (non-hydrogen) atoms. The molecule has 35 nitrogen and oxygen atoms in total. The normalized spacial score (nSPS) is 30.7. The van der Waals surface area contributed by atoms with Crippen molar-refractivity contribution in [3.05, 3.63) is 0 Å². The molecule has 2 aliphatic heterocycles. The van der Waals surface area contributed by atoms with Gasteiger partial charge in [-0.05, 0) is 0 Å². The van der Waals surface area contributed by atoms with Crippen LogP contribution in [0.1, 0.15) is 0 Å². The fourth-order valence-corrected chi connectivity index (χ4v) is 7.68. The van der Waals surface area contributed by atoms with E-state index < -0.39 is 158 Å². The summed E-state index contributed by atoms with van der Waals surface area (Å²) in [7, 11) is -48.3. The lowest BCUT2D eigenvalue weighted by atomic mass is 9.99. The predicted molar refractivity (Wildman–Crippen MR) is 152 cm³/mol. The van der Waals surface area contributed by atoms with Gasteiger partial charge in [-0.2, -0.15) is 67.3 Å². The first-order chi connectivity index (χ1) is 24.2. The van der Waals surface area contributed by atoms with E-state index in [4.69, 9.17) is 23.3 Å². The highest BCUT2D eigenvalue weighted by atomic mass is 32.3. The topological polar surface area (TPSA) is 536 Å². The Balaban J connectivity index is 3.07. The molecule has 2 saturated heterocycles. The smallest absolute Gasteiger partial charge is 0.341 e. The Kier molecular flexibility index (Phi) is 15.6. The van der Waals surface area contributed by atoms with Gasteiger partial charge in [-0.1, -0.05) is 0 Å². The van der Waals surface area contributed by atoms with Crippen LogP contribution in [-0.4, -0.2) is 178 Å². The van der Waals surface area contributed by atoms with Gasteiger partial charge < -0.3 is 14.2 Å². The monoisotopic (exact) mass is 982 g/mol. The summed E-state index contributed by atoms with van der Waals surface area (Å²) in [6, 6.07) is 0. The maximum absolute atomic E-state index is 11.9. The summed E-state index contributed by atoms with van der Waals surface area (Å²) in [5, 5.41) is 0. The van der Waals surface area contributed by atoms with Crippen LogP contribution in [0.3, 0.4) is 0 Å². The van der Waals surface area contributed by atoms with Crippen LogP contribution < -0.4 is 0 Å². The van der Waals surface area contributed by atoms with Gasteiger partial charge in [0.2, 0.25) is 5.79 Å². The molecule has 2 aliphatic rings. The maximum atomic E-state index is 11.9. The molecular formula is C12H22O35S8. The van der Waals surface area contributed by atoms with Gasteiger partial charge in [0.05, 0.1) is 13.2 Å². The van der Waals surface area contributed by atoms with Gasteiger partial charge in [0.25, 0.3) is 0 Å². The van der Waals surface area contributed by atoms with E-state index in [1.54, 1.807) is 0 Å². The Morgan fingerprint density at radius 1 is 0.418 bits per heavy atom. The van der Waals surface area contributed by atoms with Crippen molar-refractivity contribution in [2.24, 2.45) is 0 Å². The fraction of sp³-hybridized carbons (Fsp3) is 1.00. The summed E-state index contributed by atoms with van der Waals surface area (Å²) in [5.41, 5.74) is 0. The first kappa shape index (κ1) is 50.0. The molecule has 0 spiro atoms. The van der Waals surface area contributed by atoms with E-state index in [9.17, 15) is 94.7 Å². The van der Waals surface area contributed by atoms with E-state index >= 15 is 0 Å². The molecule has 0 aromatic rings. The first-order valence-corrected chi connectivity index (χ1v) is 23.2. The van der Waals surface area contributed by atoms with Crippen LogP contribution in [0.5, 0.6) is 0 Å². The average Bonchev–Trinajstić information content (AvgIpc) is 3.15. The molecule has 8 N–H and O–H groups in total. The van der Waals surface area contributed by atoms with Crippen molar-refractivity contribution >= 4 is 83.2 Å². The van der Waals surface area contributed by atoms with E-state index in [1.165, 1.54) is 0 Å². The van der Waals surface area contributed by atoms with Crippen LogP contribution in [0.25, 0.3) is 0 Å². The van der Waals surface area contributed by atoms with Crippen molar-refractivity contribution in [3.8, 4) is 0 Å². The van der Waals surface area contributed by atoms with E-state index in [1.807, 2.05) is 0 Å². The largest absolute Gasteiger partial charge is 0.397 e. The molecule has 9 atom stereocenters. The molecule has 0 amide bonds. The minimum absolute atomic E-state index is 1.92. The summed E-state index contributed by atoms with van der Waals surface area (Å²) < 4.78 is 307. The number of hydrogen-bond acceptors (Lipinski definition) is 27. The minimum Gasteiger partial charge on any atom is -0.341 e. The van der Waals surface area contributed by atoms with Gasteiger partial charge in [0.1, 0.15) is 37.1 Å². The summed E-state index contributed by atoms with van der Waals surface area (Å²) in [4.78, 5) is 0. The molecule has 328 valence electrons. The molecule has 0 bridgehead atoms. The maximum Gasteiger partial charge on any atom is 0.397 e. The lowest BCUT2D eigenvalue weighted by Crippen LogP contribution is -2.65. The lowest BCUT2D eigenvalue weighted by molar-refractivity contribution is -0.374. The zero-order valence-electron chi connectivity index (χ0n) is 25.1. The summed E-state index contributed by atoms with van der Waals surface area (Å²) in [6.45, 7) is -6.25. The standard InChI is InChI=1S/C12H22O35S8/c13-48(14,15)37-1-4-6(43-51(22,23)24)8(45-53(28,29)30)9(46-54(31,32)33)11(40-4)42-12(3-39-50(19,20)21)10(47-55(34,35)36)7(44-52(25,26)27)5(41-12)2-38-49(16,17)18/h4-11H,1-3H2,(H,13,14,15)(H,16,17,18)(H,19,20,21)(H,22,23,24)(H,25,26,27)(H,28,29,30)(H,31,32,33)(H,34,35,36)/t4-,5+,6+,7-,8+,9-,10+,11-,12+/m1/s1. The third-order valence-corrected chi connectivity index (χ3v) is 9.28. The van der Waals surface area contributed by atoms with Gasteiger partial charge in [0, 0.05) is 0 Å². The van der Waals surface area contributed by atoms with Crippen LogP contribution in [0.4, 0.5) is 0 Å². The summed E-state index contributed by atoms with van der Waals surface area (Å²) in [5.74, 6) is -4.12. The van der Waals surface area contributed by atoms with E-state index in [2.05, 4.69) is 33.5 Å². The number of ether oxygens (including phenoxy) is 3.